The number of imide groups is 1. The van der Waals surface area contributed by atoms with Crippen molar-refractivity contribution < 1.29 is 14.3 Å². The molecule has 0 atom stereocenters. The summed E-state index contributed by atoms with van der Waals surface area (Å²) < 4.78 is 5.95. The predicted molar refractivity (Wildman–Crippen MR) is 141 cm³/mol. The van der Waals surface area contributed by atoms with E-state index in [1.807, 2.05) is 54.6 Å². The van der Waals surface area contributed by atoms with Crippen LogP contribution in [0.1, 0.15) is 15.9 Å². The third kappa shape index (κ3) is 6.14. The Morgan fingerprint density at radius 1 is 0.743 bits per heavy atom. The van der Waals surface area contributed by atoms with Gasteiger partial charge in [-0.05, 0) is 41.0 Å². The molecule has 4 aromatic carbocycles. The first-order valence-corrected chi connectivity index (χ1v) is 11.7. The molecule has 0 fully saturated rings. The molecule has 2 N–H and O–H groups in total. The summed E-state index contributed by atoms with van der Waals surface area (Å²) in [5.41, 5.74) is 3.55. The number of halogens is 3. The standard InChI is InChI=1S/C27H19Cl3N2O3/c28-22-13-7-6-12-21(22)26(33)32-27(34)31-19-14-23(29)25(24(30)15-19)35-16-18-10-4-5-11-20(18)17-8-2-1-3-9-17/h1-15H,16H2,(H2,31,32,33,34). The molecule has 4 rings (SSSR count). The molecule has 0 aromatic heterocycles. The molecule has 0 aliphatic rings. The van der Waals surface area contributed by atoms with Crippen LogP contribution in [0.15, 0.2) is 91.0 Å². The van der Waals surface area contributed by atoms with Crippen LogP contribution in [-0.4, -0.2) is 11.9 Å². The van der Waals surface area contributed by atoms with E-state index in [9.17, 15) is 9.59 Å². The van der Waals surface area contributed by atoms with E-state index in [0.29, 0.717) is 5.69 Å². The molecule has 0 unspecified atom stereocenters. The Labute approximate surface area is 217 Å². The van der Waals surface area contributed by atoms with Crippen molar-refractivity contribution in [2.45, 2.75) is 6.61 Å². The lowest BCUT2D eigenvalue weighted by Crippen LogP contribution is -2.34. The molecule has 8 heteroatoms. The highest BCUT2D eigenvalue weighted by molar-refractivity contribution is 6.37. The van der Waals surface area contributed by atoms with E-state index in [1.54, 1.807) is 18.2 Å². The van der Waals surface area contributed by atoms with Crippen molar-refractivity contribution in [1.82, 2.24) is 5.32 Å². The van der Waals surface area contributed by atoms with Crippen LogP contribution in [0.25, 0.3) is 11.1 Å². The van der Waals surface area contributed by atoms with Gasteiger partial charge in [0.15, 0.2) is 5.75 Å². The maximum absolute atomic E-state index is 12.3. The molecule has 0 spiro atoms. The number of carbonyl (C=O) groups is 2. The topological polar surface area (TPSA) is 67.4 Å². The Bertz CT molecular complexity index is 1350. The zero-order valence-corrected chi connectivity index (χ0v) is 20.5. The Balaban J connectivity index is 1.44. The van der Waals surface area contributed by atoms with Crippen molar-refractivity contribution in [2.24, 2.45) is 0 Å². The zero-order valence-electron chi connectivity index (χ0n) is 18.2. The van der Waals surface area contributed by atoms with Gasteiger partial charge >= 0.3 is 6.03 Å². The van der Waals surface area contributed by atoms with Gasteiger partial charge in [-0.1, -0.05) is 102 Å². The molecule has 0 saturated heterocycles. The number of carbonyl (C=O) groups excluding carboxylic acids is 2. The minimum atomic E-state index is -0.757. The van der Waals surface area contributed by atoms with Gasteiger partial charge in [0.1, 0.15) is 6.61 Å². The summed E-state index contributed by atoms with van der Waals surface area (Å²) in [6.45, 7) is 0.240. The summed E-state index contributed by atoms with van der Waals surface area (Å²) in [5, 5.41) is 5.41. The molecule has 0 aliphatic carbocycles. The Kier molecular flexibility index (Phi) is 7.93. The summed E-state index contributed by atoms with van der Waals surface area (Å²) in [6, 6.07) is 26.5. The fourth-order valence-corrected chi connectivity index (χ4v) is 4.26. The normalized spacial score (nSPS) is 10.5. The second-order valence-corrected chi connectivity index (χ2v) is 8.69. The molecule has 0 aliphatic heterocycles. The van der Waals surface area contributed by atoms with Crippen molar-refractivity contribution in [3.8, 4) is 16.9 Å². The third-order valence-corrected chi connectivity index (χ3v) is 5.97. The van der Waals surface area contributed by atoms with Gasteiger partial charge in [-0.25, -0.2) is 4.79 Å². The average molecular weight is 526 g/mol. The van der Waals surface area contributed by atoms with Gasteiger partial charge in [-0.15, -0.1) is 0 Å². The first-order valence-electron chi connectivity index (χ1n) is 10.5. The van der Waals surface area contributed by atoms with E-state index < -0.39 is 11.9 Å². The molecule has 4 aromatic rings. The van der Waals surface area contributed by atoms with E-state index >= 15 is 0 Å². The maximum atomic E-state index is 12.3. The van der Waals surface area contributed by atoms with Crippen LogP contribution in [0, 0.1) is 0 Å². The molecule has 35 heavy (non-hydrogen) atoms. The second-order valence-electron chi connectivity index (χ2n) is 7.47. The summed E-state index contributed by atoms with van der Waals surface area (Å²) in [4.78, 5) is 24.6. The minimum Gasteiger partial charge on any atom is -0.486 e. The molecular weight excluding hydrogens is 507 g/mol. The van der Waals surface area contributed by atoms with Crippen molar-refractivity contribution in [3.63, 3.8) is 0 Å². The van der Waals surface area contributed by atoms with E-state index in [4.69, 9.17) is 39.5 Å². The van der Waals surface area contributed by atoms with Gasteiger partial charge < -0.3 is 10.1 Å². The summed E-state index contributed by atoms with van der Waals surface area (Å²) >= 11 is 18.8. The fourth-order valence-electron chi connectivity index (χ4n) is 3.44. The third-order valence-electron chi connectivity index (χ3n) is 5.08. The van der Waals surface area contributed by atoms with Crippen LogP contribution in [0.3, 0.4) is 0 Å². The monoisotopic (exact) mass is 524 g/mol. The van der Waals surface area contributed by atoms with Gasteiger partial charge in [0.25, 0.3) is 5.91 Å². The number of rotatable bonds is 6. The van der Waals surface area contributed by atoms with E-state index in [-0.39, 0.29) is 33.0 Å². The van der Waals surface area contributed by atoms with Gasteiger partial charge in [-0.3, -0.25) is 10.1 Å². The minimum absolute atomic E-state index is 0.180. The maximum Gasteiger partial charge on any atom is 0.326 e. The number of nitrogens with one attached hydrogen (secondary N) is 2. The molecule has 3 amide bonds. The lowest BCUT2D eigenvalue weighted by molar-refractivity contribution is 0.0967. The Morgan fingerprint density at radius 3 is 2.09 bits per heavy atom. The summed E-state index contributed by atoms with van der Waals surface area (Å²) in [7, 11) is 0. The van der Waals surface area contributed by atoms with E-state index in [0.717, 1.165) is 16.7 Å². The number of hydrogen-bond donors (Lipinski definition) is 2. The quantitative estimate of drug-likeness (QED) is 0.269. The van der Waals surface area contributed by atoms with Crippen LogP contribution in [0.2, 0.25) is 15.1 Å². The highest BCUT2D eigenvalue weighted by atomic mass is 35.5. The van der Waals surface area contributed by atoms with Gasteiger partial charge in [0.2, 0.25) is 0 Å². The number of benzene rings is 4. The number of hydrogen-bond acceptors (Lipinski definition) is 3. The van der Waals surface area contributed by atoms with Crippen LogP contribution in [0.5, 0.6) is 5.75 Å². The van der Waals surface area contributed by atoms with Crippen molar-refractivity contribution >= 4 is 52.4 Å². The number of ether oxygens (including phenoxy) is 1. The van der Waals surface area contributed by atoms with Crippen molar-refractivity contribution in [1.29, 1.82) is 0 Å². The van der Waals surface area contributed by atoms with Gasteiger partial charge in [-0.2, -0.15) is 0 Å². The fraction of sp³-hybridized carbons (Fsp3) is 0.0370. The predicted octanol–water partition coefficient (Wildman–Crippen LogP) is 7.85. The van der Waals surface area contributed by atoms with Crippen molar-refractivity contribution in [2.75, 3.05) is 5.32 Å². The molecule has 0 heterocycles. The number of urea groups is 1. The molecule has 5 nitrogen and oxygen atoms in total. The lowest BCUT2D eigenvalue weighted by atomic mass is 10.0. The van der Waals surface area contributed by atoms with Crippen LogP contribution >= 0.6 is 34.8 Å². The Hall–Kier alpha value is -3.51. The van der Waals surface area contributed by atoms with Crippen LogP contribution in [-0.2, 0) is 6.61 Å². The first-order chi connectivity index (χ1) is 16.9. The van der Waals surface area contributed by atoms with Crippen molar-refractivity contribution in [3.05, 3.63) is 117 Å². The van der Waals surface area contributed by atoms with E-state index in [2.05, 4.69) is 10.6 Å². The first kappa shape index (κ1) is 24.6. The molecular formula is C27H19Cl3N2O3. The van der Waals surface area contributed by atoms with Gasteiger partial charge in [0.05, 0.1) is 20.6 Å². The molecule has 0 radical (unpaired) electrons. The SMILES string of the molecule is O=C(NC(=O)c1ccccc1Cl)Nc1cc(Cl)c(OCc2ccccc2-c2ccccc2)c(Cl)c1. The molecule has 0 saturated carbocycles. The smallest absolute Gasteiger partial charge is 0.326 e. The summed E-state index contributed by atoms with van der Waals surface area (Å²) in [6.07, 6.45) is 0. The van der Waals surface area contributed by atoms with Crippen LogP contribution < -0.4 is 15.4 Å². The highest BCUT2D eigenvalue weighted by Crippen LogP contribution is 2.37. The van der Waals surface area contributed by atoms with Crippen LogP contribution in [0.4, 0.5) is 10.5 Å². The largest absolute Gasteiger partial charge is 0.486 e. The highest BCUT2D eigenvalue weighted by Gasteiger charge is 2.16. The van der Waals surface area contributed by atoms with Gasteiger partial charge in [0, 0.05) is 5.69 Å². The number of amides is 3. The average Bonchev–Trinajstić information content (AvgIpc) is 2.84. The Morgan fingerprint density at radius 2 is 1.37 bits per heavy atom. The molecule has 176 valence electrons. The molecule has 0 bridgehead atoms. The summed E-state index contributed by atoms with van der Waals surface area (Å²) in [5.74, 6) is -0.350. The van der Waals surface area contributed by atoms with E-state index in [1.165, 1.54) is 18.2 Å². The zero-order chi connectivity index (χ0) is 24.8. The lowest BCUT2D eigenvalue weighted by Gasteiger charge is -2.15. The second kappa shape index (κ2) is 11.3. The number of anilines is 1.